The van der Waals surface area contributed by atoms with Gasteiger partial charge in [0.1, 0.15) is 0 Å². The molecule has 0 bridgehead atoms. The Morgan fingerprint density at radius 1 is 1.29 bits per heavy atom. The van der Waals surface area contributed by atoms with Crippen LogP contribution in [0.15, 0.2) is 0 Å². The minimum absolute atomic E-state index is 0.772. The highest BCUT2D eigenvalue weighted by Crippen LogP contribution is 2.26. The first-order valence-corrected chi connectivity index (χ1v) is 6.19. The molecule has 0 atom stereocenters. The number of thiocarbonyl (C=S) groups is 1. The Bertz CT molecular complexity index is 165. The third-order valence-electron chi connectivity index (χ3n) is 3.03. The van der Waals surface area contributed by atoms with Gasteiger partial charge in [0.25, 0.3) is 0 Å². The van der Waals surface area contributed by atoms with E-state index < -0.39 is 0 Å². The summed E-state index contributed by atoms with van der Waals surface area (Å²) in [4.78, 5) is 0. The summed E-state index contributed by atoms with van der Waals surface area (Å²) in [7, 11) is 1.86. The molecule has 0 aromatic carbocycles. The highest BCUT2D eigenvalue weighted by Gasteiger charge is 2.12. The van der Waals surface area contributed by atoms with Gasteiger partial charge in [0.15, 0.2) is 5.11 Å². The summed E-state index contributed by atoms with van der Waals surface area (Å²) in [5.74, 6) is 0.994. The minimum Gasteiger partial charge on any atom is -0.366 e. The smallest absolute Gasteiger partial charge is 0.166 e. The fourth-order valence-corrected chi connectivity index (χ4v) is 2.26. The minimum atomic E-state index is 0.772. The van der Waals surface area contributed by atoms with E-state index in [1.54, 1.807) is 0 Å². The van der Waals surface area contributed by atoms with E-state index >= 15 is 0 Å². The van der Waals surface area contributed by atoms with E-state index in [2.05, 4.69) is 10.6 Å². The number of hydrogen-bond acceptors (Lipinski definition) is 1. The van der Waals surface area contributed by atoms with Gasteiger partial charge in [-0.25, -0.2) is 0 Å². The molecule has 1 rings (SSSR count). The molecule has 2 N–H and O–H groups in total. The van der Waals surface area contributed by atoms with Crippen molar-refractivity contribution >= 4 is 17.3 Å². The average Bonchev–Trinajstić information content (AvgIpc) is 2.25. The van der Waals surface area contributed by atoms with Crippen LogP contribution in [0.4, 0.5) is 0 Å². The molecule has 82 valence electrons. The second kappa shape index (κ2) is 7.04. The van der Waals surface area contributed by atoms with Gasteiger partial charge in [-0.3, -0.25) is 0 Å². The van der Waals surface area contributed by atoms with E-state index in [0.29, 0.717) is 0 Å². The first-order chi connectivity index (χ1) is 6.83. The van der Waals surface area contributed by atoms with Gasteiger partial charge in [-0.1, -0.05) is 32.1 Å². The largest absolute Gasteiger partial charge is 0.366 e. The summed E-state index contributed by atoms with van der Waals surface area (Å²) >= 11 is 5.00. The molecule has 14 heavy (non-hydrogen) atoms. The zero-order valence-electron chi connectivity index (χ0n) is 9.14. The van der Waals surface area contributed by atoms with Crippen LogP contribution in [-0.4, -0.2) is 18.7 Å². The van der Waals surface area contributed by atoms with Crippen molar-refractivity contribution in [1.29, 1.82) is 0 Å². The van der Waals surface area contributed by atoms with Crippen LogP contribution in [0, 0.1) is 5.92 Å². The molecule has 0 aromatic heterocycles. The summed E-state index contributed by atoms with van der Waals surface area (Å²) in [5.41, 5.74) is 0. The molecule has 0 spiro atoms. The fourth-order valence-electron chi connectivity index (χ4n) is 2.16. The van der Waals surface area contributed by atoms with Crippen LogP contribution < -0.4 is 10.6 Å². The lowest BCUT2D eigenvalue weighted by Gasteiger charge is -2.21. The van der Waals surface area contributed by atoms with Crippen molar-refractivity contribution in [3.8, 4) is 0 Å². The summed E-state index contributed by atoms with van der Waals surface area (Å²) in [6.45, 7) is 1.02. The molecule has 0 saturated heterocycles. The van der Waals surface area contributed by atoms with Gasteiger partial charge in [-0.15, -0.1) is 0 Å². The normalized spacial score (nSPS) is 17.8. The second-order valence-electron chi connectivity index (χ2n) is 4.15. The molecule has 3 heteroatoms. The number of hydrogen-bond donors (Lipinski definition) is 2. The second-order valence-corrected chi connectivity index (χ2v) is 4.56. The van der Waals surface area contributed by atoms with Gasteiger partial charge < -0.3 is 10.6 Å². The molecule has 2 nitrogen and oxygen atoms in total. The molecule has 0 aromatic rings. The van der Waals surface area contributed by atoms with Crippen molar-refractivity contribution in [3.05, 3.63) is 0 Å². The standard InChI is InChI=1S/C11H22N2S/c1-12-11(14)13-9-5-8-10-6-3-2-4-7-10/h10H,2-9H2,1H3,(H2,12,13,14). The predicted molar refractivity (Wildman–Crippen MR) is 65.5 cm³/mol. The zero-order chi connectivity index (χ0) is 10.2. The van der Waals surface area contributed by atoms with E-state index in [4.69, 9.17) is 12.2 Å². The molecule has 0 amide bonds. The Morgan fingerprint density at radius 3 is 2.64 bits per heavy atom. The first kappa shape index (κ1) is 11.8. The van der Waals surface area contributed by atoms with Crippen LogP contribution >= 0.6 is 12.2 Å². The van der Waals surface area contributed by atoms with Crippen LogP contribution in [0.2, 0.25) is 0 Å². The van der Waals surface area contributed by atoms with Gasteiger partial charge in [0.05, 0.1) is 0 Å². The fraction of sp³-hybridized carbons (Fsp3) is 0.909. The maximum Gasteiger partial charge on any atom is 0.166 e. The van der Waals surface area contributed by atoms with Crippen molar-refractivity contribution in [3.63, 3.8) is 0 Å². The van der Waals surface area contributed by atoms with Gasteiger partial charge in [0, 0.05) is 13.6 Å². The van der Waals surface area contributed by atoms with Crippen molar-refractivity contribution in [2.45, 2.75) is 44.9 Å². The highest BCUT2D eigenvalue weighted by atomic mass is 32.1. The monoisotopic (exact) mass is 214 g/mol. The van der Waals surface area contributed by atoms with Gasteiger partial charge in [-0.2, -0.15) is 0 Å². The molecular formula is C11H22N2S. The van der Waals surface area contributed by atoms with Crippen LogP contribution in [0.5, 0.6) is 0 Å². The highest BCUT2D eigenvalue weighted by molar-refractivity contribution is 7.80. The predicted octanol–water partition coefficient (Wildman–Crippen LogP) is 2.44. The third kappa shape index (κ3) is 4.80. The Morgan fingerprint density at radius 2 is 2.00 bits per heavy atom. The van der Waals surface area contributed by atoms with Gasteiger partial charge in [-0.05, 0) is 31.0 Å². The van der Waals surface area contributed by atoms with Gasteiger partial charge >= 0.3 is 0 Å². The lowest BCUT2D eigenvalue weighted by molar-refractivity contribution is 0.332. The maximum atomic E-state index is 5.00. The van der Waals surface area contributed by atoms with Crippen molar-refractivity contribution in [2.24, 2.45) is 5.92 Å². The van der Waals surface area contributed by atoms with Crippen LogP contribution in [0.1, 0.15) is 44.9 Å². The topological polar surface area (TPSA) is 24.1 Å². The summed E-state index contributed by atoms with van der Waals surface area (Å²) in [6, 6.07) is 0. The van der Waals surface area contributed by atoms with Crippen molar-refractivity contribution < 1.29 is 0 Å². The van der Waals surface area contributed by atoms with Crippen molar-refractivity contribution in [1.82, 2.24) is 10.6 Å². The molecule has 0 radical (unpaired) electrons. The number of nitrogens with one attached hydrogen (secondary N) is 2. The summed E-state index contributed by atoms with van der Waals surface area (Å²) in [6.07, 6.45) is 9.90. The lowest BCUT2D eigenvalue weighted by atomic mass is 9.86. The Hall–Kier alpha value is -0.310. The SMILES string of the molecule is CNC(=S)NCCCC1CCCCC1. The third-order valence-corrected chi connectivity index (χ3v) is 3.37. The lowest BCUT2D eigenvalue weighted by Crippen LogP contribution is -2.33. The quantitative estimate of drug-likeness (QED) is 0.555. The molecular weight excluding hydrogens is 192 g/mol. The molecule has 1 fully saturated rings. The summed E-state index contributed by atoms with van der Waals surface area (Å²) in [5, 5.41) is 6.89. The van der Waals surface area contributed by atoms with Gasteiger partial charge in [0.2, 0.25) is 0 Å². The van der Waals surface area contributed by atoms with Crippen LogP contribution in [0.25, 0.3) is 0 Å². The molecule has 1 saturated carbocycles. The Labute approximate surface area is 92.8 Å². The first-order valence-electron chi connectivity index (χ1n) is 5.78. The van der Waals surface area contributed by atoms with E-state index in [9.17, 15) is 0 Å². The van der Waals surface area contributed by atoms with E-state index in [1.807, 2.05) is 7.05 Å². The average molecular weight is 214 g/mol. The van der Waals surface area contributed by atoms with E-state index in [1.165, 1.54) is 44.9 Å². The van der Waals surface area contributed by atoms with Crippen LogP contribution in [0.3, 0.4) is 0 Å². The van der Waals surface area contributed by atoms with Crippen LogP contribution in [-0.2, 0) is 0 Å². The maximum absolute atomic E-state index is 5.00. The zero-order valence-corrected chi connectivity index (χ0v) is 9.96. The van der Waals surface area contributed by atoms with E-state index in [0.717, 1.165) is 17.6 Å². The molecule has 1 aliphatic rings. The molecule has 0 heterocycles. The molecule has 0 aliphatic heterocycles. The summed E-state index contributed by atoms with van der Waals surface area (Å²) < 4.78 is 0. The Kier molecular flexibility index (Phi) is 5.92. The number of rotatable bonds is 4. The Balaban J connectivity index is 1.94. The molecule has 1 aliphatic carbocycles. The van der Waals surface area contributed by atoms with E-state index in [-0.39, 0.29) is 0 Å². The van der Waals surface area contributed by atoms with Crippen molar-refractivity contribution in [2.75, 3.05) is 13.6 Å². The molecule has 0 unspecified atom stereocenters.